The monoisotopic (exact) mass is 213 g/mol. The summed E-state index contributed by atoms with van der Waals surface area (Å²) in [5, 5.41) is 10.1. The van der Waals surface area contributed by atoms with Crippen LogP contribution in [-0.4, -0.2) is 34.7 Å². The van der Waals surface area contributed by atoms with Gasteiger partial charge in [-0.15, -0.1) is 0 Å². The Morgan fingerprint density at radius 1 is 1.20 bits per heavy atom. The minimum Gasteiger partial charge on any atom is -0.391 e. The molecule has 0 aliphatic heterocycles. The van der Waals surface area contributed by atoms with Crippen molar-refractivity contribution in [3.05, 3.63) is 0 Å². The van der Waals surface area contributed by atoms with E-state index in [1.165, 1.54) is 19.3 Å². The highest BCUT2D eigenvalue weighted by molar-refractivity contribution is 4.88. The van der Waals surface area contributed by atoms with E-state index in [1.807, 2.05) is 0 Å². The fourth-order valence-electron chi connectivity index (χ4n) is 2.42. The van der Waals surface area contributed by atoms with E-state index in [9.17, 15) is 5.11 Å². The van der Waals surface area contributed by atoms with Gasteiger partial charge in [0.15, 0.2) is 0 Å². The summed E-state index contributed by atoms with van der Waals surface area (Å²) >= 11 is 0. The molecule has 0 radical (unpaired) electrons. The molecular weight excluding hydrogens is 186 g/mol. The van der Waals surface area contributed by atoms with Crippen LogP contribution in [-0.2, 0) is 0 Å². The fourth-order valence-corrected chi connectivity index (χ4v) is 2.42. The van der Waals surface area contributed by atoms with Crippen molar-refractivity contribution in [1.29, 1.82) is 0 Å². The molecule has 0 amide bonds. The van der Waals surface area contributed by atoms with Crippen LogP contribution >= 0.6 is 0 Å². The average molecular weight is 213 g/mol. The van der Waals surface area contributed by atoms with Crippen LogP contribution in [0.3, 0.4) is 0 Å². The molecule has 1 saturated carbocycles. The summed E-state index contributed by atoms with van der Waals surface area (Å²) in [6.45, 7) is 6.76. The van der Waals surface area contributed by atoms with Gasteiger partial charge >= 0.3 is 0 Å². The van der Waals surface area contributed by atoms with E-state index in [0.29, 0.717) is 6.04 Å². The lowest BCUT2D eigenvalue weighted by Crippen LogP contribution is -2.51. The Kier molecular flexibility index (Phi) is 4.60. The lowest BCUT2D eigenvalue weighted by molar-refractivity contribution is 0.00527. The van der Waals surface area contributed by atoms with Gasteiger partial charge in [-0.2, -0.15) is 0 Å². The molecule has 1 rings (SSSR count). The van der Waals surface area contributed by atoms with Crippen LogP contribution in [0.15, 0.2) is 0 Å². The Labute approximate surface area is 94.7 Å². The van der Waals surface area contributed by atoms with Crippen LogP contribution in [0.5, 0.6) is 0 Å². The zero-order valence-electron chi connectivity index (χ0n) is 10.8. The van der Waals surface area contributed by atoms with E-state index < -0.39 is 0 Å². The van der Waals surface area contributed by atoms with E-state index in [2.05, 4.69) is 32.7 Å². The molecule has 2 unspecified atom stereocenters. The third-order valence-electron chi connectivity index (χ3n) is 4.26. The maximum absolute atomic E-state index is 10.1. The maximum atomic E-state index is 10.1. The van der Waals surface area contributed by atoms with Gasteiger partial charge in [0.25, 0.3) is 0 Å². The summed E-state index contributed by atoms with van der Waals surface area (Å²) < 4.78 is 0. The van der Waals surface area contributed by atoms with Gasteiger partial charge in [0.2, 0.25) is 0 Å². The molecule has 0 saturated heterocycles. The van der Waals surface area contributed by atoms with Crippen molar-refractivity contribution in [2.24, 2.45) is 0 Å². The molecule has 1 aliphatic rings. The number of hydrogen-bond donors (Lipinski definition) is 1. The van der Waals surface area contributed by atoms with Gasteiger partial charge in [0.05, 0.1) is 6.10 Å². The van der Waals surface area contributed by atoms with Gasteiger partial charge in [-0.25, -0.2) is 0 Å². The molecule has 2 nitrogen and oxygen atoms in total. The van der Waals surface area contributed by atoms with Crippen molar-refractivity contribution < 1.29 is 5.11 Å². The van der Waals surface area contributed by atoms with E-state index >= 15 is 0 Å². The van der Waals surface area contributed by atoms with Crippen LogP contribution in [0, 0.1) is 0 Å². The van der Waals surface area contributed by atoms with Crippen molar-refractivity contribution in [2.75, 3.05) is 7.05 Å². The summed E-state index contributed by atoms with van der Waals surface area (Å²) in [5.74, 6) is 0. The Bertz CT molecular complexity index is 191. The molecule has 0 bridgehead atoms. The Balaban J connectivity index is 2.67. The highest BCUT2D eigenvalue weighted by atomic mass is 16.3. The molecule has 1 aliphatic carbocycles. The molecule has 2 heteroatoms. The molecule has 0 heterocycles. The molecule has 1 fully saturated rings. The first-order chi connectivity index (χ1) is 6.99. The normalized spacial score (nSPS) is 29.2. The number of hydrogen-bond acceptors (Lipinski definition) is 2. The lowest BCUT2D eigenvalue weighted by Gasteiger charge is -2.42. The minimum absolute atomic E-state index is 0.122. The van der Waals surface area contributed by atoms with Crippen LogP contribution < -0.4 is 0 Å². The molecule has 0 aromatic heterocycles. The SMILES string of the molecule is CCC(C)(C)N(C)C1CCCCCC1O. The zero-order chi connectivity index (χ0) is 11.5. The largest absolute Gasteiger partial charge is 0.391 e. The number of aliphatic hydroxyl groups excluding tert-OH is 1. The molecule has 0 spiro atoms. The van der Waals surface area contributed by atoms with Crippen molar-refractivity contribution in [1.82, 2.24) is 4.90 Å². The summed E-state index contributed by atoms with van der Waals surface area (Å²) in [6.07, 6.45) is 6.89. The first kappa shape index (κ1) is 13.0. The van der Waals surface area contributed by atoms with Crippen LogP contribution in [0.4, 0.5) is 0 Å². The van der Waals surface area contributed by atoms with Gasteiger partial charge < -0.3 is 5.11 Å². The van der Waals surface area contributed by atoms with Crippen molar-refractivity contribution in [3.8, 4) is 0 Å². The van der Waals surface area contributed by atoms with Crippen LogP contribution in [0.2, 0.25) is 0 Å². The van der Waals surface area contributed by atoms with E-state index in [-0.39, 0.29) is 11.6 Å². The van der Waals surface area contributed by atoms with E-state index in [4.69, 9.17) is 0 Å². The highest BCUT2D eigenvalue weighted by Gasteiger charge is 2.32. The Morgan fingerprint density at radius 2 is 1.80 bits per heavy atom. The molecule has 0 aromatic rings. The molecule has 1 N–H and O–H groups in total. The molecule has 15 heavy (non-hydrogen) atoms. The summed E-state index contributed by atoms with van der Waals surface area (Å²) in [7, 11) is 2.17. The summed E-state index contributed by atoms with van der Waals surface area (Å²) in [6, 6.07) is 0.363. The second kappa shape index (κ2) is 5.31. The third kappa shape index (κ3) is 3.18. The Morgan fingerprint density at radius 3 is 2.40 bits per heavy atom. The Hall–Kier alpha value is -0.0800. The smallest absolute Gasteiger partial charge is 0.0695 e. The van der Waals surface area contributed by atoms with Gasteiger partial charge in [-0.3, -0.25) is 4.90 Å². The lowest BCUT2D eigenvalue weighted by atomic mass is 9.94. The first-order valence-corrected chi connectivity index (χ1v) is 6.40. The maximum Gasteiger partial charge on any atom is 0.0695 e. The number of nitrogens with zero attached hydrogens (tertiary/aromatic N) is 1. The molecule has 2 atom stereocenters. The van der Waals surface area contributed by atoms with Gasteiger partial charge in [0, 0.05) is 11.6 Å². The van der Waals surface area contributed by atoms with Crippen molar-refractivity contribution >= 4 is 0 Å². The van der Waals surface area contributed by atoms with Gasteiger partial charge in [-0.1, -0.05) is 26.2 Å². The third-order valence-corrected chi connectivity index (χ3v) is 4.26. The van der Waals surface area contributed by atoms with E-state index in [0.717, 1.165) is 19.3 Å². The van der Waals surface area contributed by atoms with Crippen LogP contribution in [0.25, 0.3) is 0 Å². The quantitative estimate of drug-likeness (QED) is 0.729. The number of likely N-dealkylation sites (N-methyl/N-ethyl adjacent to an activating group) is 1. The molecule has 0 aromatic carbocycles. The summed E-state index contributed by atoms with van der Waals surface area (Å²) in [5.41, 5.74) is 0.204. The standard InChI is InChI=1S/C13H27NO/c1-5-13(2,3)14(4)11-9-7-6-8-10-12(11)15/h11-12,15H,5-10H2,1-4H3. The summed E-state index contributed by atoms with van der Waals surface area (Å²) in [4.78, 5) is 2.39. The second-order valence-corrected chi connectivity index (χ2v) is 5.55. The van der Waals surface area contributed by atoms with E-state index in [1.54, 1.807) is 0 Å². The average Bonchev–Trinajstić information content (AvgIpc) is 2.41. The number of rotatable bonds is 3. The zero-order valence-corrected chi connectivity index (χ0v) is 10.8. The highest BCUT2D eigenvalue weighted by Crippen LogP contribution is 2.28. The fraction of sp³-hybridized carbons (Fsp3) is 1.00. The first-order valence-electron chi connectivity index (χ1n) is 6.40. The predicted molar refractivity (Wildman–Crippen MR) is 65.0 cm³/mol. The topological polar surface area (TPSA) is 23.5 Å². The van der Waals surface area contributed by atoms with Gasteiger partial charge in [0.1, 0.15) is 0 Å². The van der Waals surface area contributed by atoms with Gasteiger partial charge in [-0.05, 0) is 40.2 Å². The predicted octanol–water partition coefficient (Wildman–Crippen LogP) is 2.80. The molecule has 90 valence electrons. The van der Waals surface area contributed by atoms with Crippen LogP contribution in [0.1, 0.15) is 59.3 Å². The van der Waals surface area contributed by atoms with Crippen molar-refractivity contribution in [2.45, 2.75) is 77.0 Å². The second-order valence-electron chi connectivity index (χ2n) is 5.55. The van der Waals surface area contributed by atoms with Crippen molar-refractivity contribution in [3.63, 3.8) is 0 Å². The molecular formula is C13H27NO. The number of aliphatic hydroxyl groups is 1. The minimum atomic E-state index is -0.122.